The van der Waals surface area contributed by atoms with E-state index in [1.54, 1.807) is 24.5 Å². The van der Waals surface area contributed by atoms with Crippen LogP contribution in [0, 0.1) is 10.1 Å². The molecule has 6 heteroatoms. The Kier molecular flexibility index (Phi) is 4.30. The zero-order valence-corrected chi connectivity index (χ0v) is 10.8. The molecule has 2 aromatic rings. The van der Waals surface area contributed by atoms with Crippen molar-refractivity contribution in [3.05, 3.63) is 63.4 Å². The van der Waals surface area contributed by atoms with E-state index in [1.807, 2.05) is 12.1 Å². The summed E-state index contributed by atoms with van der Waals surface area (Å²) < 4.78 is 0. The van der Waals surface area contributed by atoms with Crippen molar-refractivity contribution in [1.82, 2.24) is 4.98 Å². The maximum atomic E-state index is 10.9. The van der Waals surface area contributed by atoms with E-state index in [2.05, 4.69) is 10.3 Å². The minimum absolute atomic E-state index is 0.0844. The van der Waals surface area contributed by atoms with Crippen LogP contribution in [0.3, 0.4) is 0 Å². The van der Waals surface area contributed by atoms with Crippen molar-refractivity contribution >= 4 is 23.0 Å². The molecule has 5 nitrogen and oxygen atoms in total. The van der Waals surface area contributed by atoms with Crippen LogP contribution in [-0.2, 0) is 6.42 Å². The molecular weight excluding hydrogens is 266 g/mol. The van der Waals surface area contributed by atoms with Crippen LogP contribution in [0.1, 0.15) is 5.56 Å². The van der Waals surface area contributed by atoms with Crippen LogP contribution < -0.4 is 5.32 Å². The van der Waals surface area contributed by atoms with Crippen LogP contribution in [0.25, 0.3) is 0 Å². The van der Waals surface area contributed by atoms with E-state index in [9.17, 15) is 10.1 Å². The fraction of sp³-hybridized carbons (Fsp3) is 0.154. The van der Waals surface area contributed by atoms with Gasteiger partial charge < -0.3 is 5.32 Å². The summed E-state index contributed by atoms with van der Waals surface area (Å²) in [6.45, 7) is 0.588. The summed E-state index contributed by atoms with van der Waals surface area (Å²) >= 11 is 5.83. The minimum Gasteiger partial charge on any atom is -0.379 e. The molecule has 98 valence electrons. The van der Waals surface area contributed by atoms with Crippen LogP contribution in [0.2, 0.25) is 5.02 Å². The van der Waals surface area contributed by atoms with Crippen molar-refractivity contribution in [2.75, 3.05) is 11.9 Å². The second-order valence-corrected chi connectivity index (χ2v) is 4.33. The lowest BCUT2D eigenvalue weighted by Crippen LogP contribution is -2.07. The molecule has 0 amide bonds. The average molecular weight is 278 g/mol. The summed E-state index contributed by atoms with van der Waals surface area (Å²) in [4.78, 5) is 14.4. The molecular formula is C13H12ClN3O2. The van der Waals surface area contributed by atoms with Crippen LogP contribution in [0.15, 0.2) is 42.7 Å². The molecule has 1 heterocycles. The Balaban J connectivity index is 2.04. The Labute approximate surface area is 115 Å². The molecule has 0 bridgehead atoms. The Morgan fingerprint density at radius 3 is 2.68 bits per heavy atom. The smallest absolute Gasteiger partial charge is 0.310 e. The molecule has 0 aliphatic carbocycles. The quantitative estimate of drug-likeness (QED) is 0.672. The minimum atomic E-state index is -0.475. The van der Waals surface area contributed by atoms with Gasteiger partial charge in [0.15, 0.2) is 0 Å². The van der Waals surface area contributed by atoms with Gasteiger partial charge in [0.1, 0.15) is 10.7 Å². The van der Waals surface area contributed by atoms with E-state index in [1.165, 1.54) is 6.07 Å². The normalized spacial score (nSPS) is 10.2. The standard InChI is InChI=1S/C13H12ClN3O2/c14-11-2-1-3-12(13(11)17(18)19)16-9-6-10-4-7-15-8-5-10/h1-5,7-8,16H,6,9H2. The van der Waals surface area contributed by atoms with Crippen molar-refractivity contribution in [2.45, 2.75) is 6.42 Å². The average Bonchev–Trinajstić information content (AvgIpc) is 2.39. The number of anilines is 1. The monoisotopic (exact) mass is 277 g/mol. The fourth-order valence-electron chi connectivity index (χ4n) is 1.73. The number of nitro groups is 1. The van der Waals surface area contributed by atoms with Gasteiger partial charge in [0.2, 0.25) is 0 Å². The second-order valence-electron chi connectivity index (χ2n) is 3.93. The summed E-state index contributed by atoms with van der Waals surface area (Å²) in [7, 11) is 0. The number of benzene rings is 1. The predicted molar refractivity (Wildman–Crippen MR) is 74.5 cm³/mol. The number of hydrogen-bond donors (Lipinski definition) is 1. The first-order valence-corrected chi connectivity index (χ1v) is 6.12. The first kappa shape index (κ1) is 13.3. The molecule has 2 rings (SSSR count). The van der Waals surface area contributed by atoms with Gasteiger partial charge in [-0.05, 0) is 36.2 Å². The number of nitrogens with one attached hydrogen (secondary N) is 1. The fourth-order valence-corrected chi connectivity index (χ4v) is 1.98. The van der Waals surface area contributed by atoms with Crippen molar-refractivity contribution in [1.29, 1.82) is 0 Å². The highest BCUT2D eigenvalue weighted by molar-refractivity contribution is 6.33. The number of halogens is 1. The van der Waals surface area contributed by atoms with Crippen molar-refractivity contribution in [2.24, 2.45) is 0 Å². The van der Waals surface area contributed by atoms with Gasteiger partial charge in [0.25, 0.3) is 0 Å². The third kappa shape index (κ3) is 3.42. The third-order valence-electron chi connectivity index (χ3n) is 2.65. The molecule has 1 N–H and O–H groups in total. The van der Waals surface area contributed by atoms with Crippen LogP contribution >= 0.6 is 11.6 Å². The molecule has 0 aliphatic heterocycles. The number of nitro benzene ring substituents is 1. The zero-order valence-electron chi connectivity index (χ0n) is 10.0. The second kappa shape index (κ2) is 6.15. The number of rotatable bonds is 5. The van der Waals surface area contributed by atoms with Crippen LogP contribution in [-0.4, -0.2) is 16.5 Å². The van der Waals surface area contributed by atoms with E-state index in [4.69, 9.17) is 11.6 Å². The molecule has 0 atom stereocenters. The molecule has 0 saturated carbocycles. The van der Waals surface area contributed by atoms with Gasteiger partial charge in [0.05, 0.1) is 4.92 Å². The summed E-state index contributed by atoms with van der Waals surface area (Å²) in [6.07, 6.45) is 4.19. The zero-order chi connectivity index (χ0) is 13.7. The summed E-state index contributed by atoms with van der Waals surface area (Å²) in [5, 5.41) is 14.1. The van der Waals surface area contributed by atoms with E-state index in [0.29, 0.717) is 12.2 Å². The molecule has 0 spiro atoms. The number of hydrogen-bond acceptors (Lipinski definition) is 4. The molecule has 0 saturated heterocycles. The Bertz CT molecular complexity index is 575. The van der Waals surface area contributed by atoms with Gasteiger partial charge in [-0.3, -0.25) is 15.1 Å². The molecule has 1 aromatic carbocycles. The summed E-state index contributed by atoms with van der Waals surface area (Å²) in [6, 6.07) is 8.66. The van der Waals surface area contributed by atoms with Crippen molar-refractivity contribution in [3.8, 4) is 0 Å². The Hall–Kier alpha value is -2.14. The number of aromatic nitrogens is 1. The number of nitrogens with zero attached hydrogens (tertiary/aromatic N) is 2. The molecule has 1 aromatic heterocycles. The highest BCUT2D eigenvalue weighted by Gasteiger charge is 2.17. The van der Waals surface area contributed by atoms with E-state index in [0.717, 1.165) is 12.0 Å². The molecule has 19 heavy (non-hydrogen) atoms. The Morgan fingerprint density at radius 2 is 2.00 bits per heavy atom. The van der Waals surface area contributed by atoms with Crippen molar-refractivity contribution in [3.63, 3.8) is 0 Å². The highest BCUT2D eigenvalue weighted by atomic mass is 35.5. The van der Waals surface area contributed by atoms with Crippen LogP contribution in [0.4, 0.5) is 11.4 Å². The van der Waals surface area contributed by atoms with Gasteiger partial charge in [-0.1, -0.05) is 17.7 Å². The lowest BCUT2D eigenvalue weighted by atomic mass is 10.2. The van der Waals surface area contributed by atoms with Gasteiger partial charge in [-0.15, -0.1) is 0 Å². The van der Waals surface area contributed by atoms with E-state index in [-0.39, 0.29) is 10.7 Å². The molecule has 0 unspecified atom stereocenters. The van der Waals surface area contributed by atoms with Gasteiger partial charge in [-0.25, -0.2) is 0 Å². The lowest BCUT2D eigenvalue weighted by molar-refractivity contribution is -0.383. The topological polar surface area (TPSA) is 68.1 Å². The largest absolute Gasteiger partial charge is 0.379 e. The SMILES string of the molecule is O=[N+]([O-])c1c(Cl)cccc1NCCc1ccncc1. The van der Waals surface area contributed by atoms with Gasteiger partial charge in [-0.2, -0.15) is 0 Å². The predicted octanol–water partition coefficient (Wildman–Crippen LogP) is 3.30. The van der Waals surface area contributed by atoms with Crippen LogP contribution in [0.5, 0.6) is 0 Å². The Morgan fingerprint density at radius 1 is 1.26 bits per heavy atom. The maximum absolute atomic E-state index is 10.9. The summed E-state index contributed by atoms with van der Waals surface area (Å²) in [5.41, 5.74) is 1.47. The first-order valence-electron chi connectivity index (χ1n) is 5.74. The summed E-state index contributed by atoms with van der Waals surface area (Å²) in [5.74, 6) is 0. The maximum Gasteiger partial charge on any atom is 0.310 e. The number of para-hydroxylation sites is 1. The molecule has 0 fully saturated rings. The first-order chi connectivity index (χ1) is 9.18. The molecule has 0 aliphatic rings. The van der Waals surface area contributed by atoms with E-state index < -0.39 is 4.92 Å². The van der Waals surface area contributed by atoms with E-state index >= 15 is 0 Å². The third-order valence-corrected chi connectivity index (χ3v) is 2.95. The molecule has 0 radical (unpaired) electrons. The lowest BCUT2D eigenvalue weighted by Gasteiger charge is -2.07. The van der Waals surface area contributed by atoms with Gasteiger partial charge in [0, 0.05) is 18.9 Å². The number of pyridine rings is 1. The van der Waals surface area contributed by atoms with Crippen molar-refractivity contribution < 1.29 is 4.92 Å². The highest BCUT2D eigenvalue weighted by Crippen LogP contribution is 2.32. The van der Waals surface area contributed by atoms with Gasteiger partial charge >= 0.3 is 5.69 Å².